The maximum Gasteiger partial charge on any atom is 0.339 e. The quantitative estimate of drug-likeness (QED) is 0.896. The maximum absolute atomic E-state index is 10.6. The van der Waals surface area contributed by atoms with Crippen LogP contribution in [-0.4, -0.2) is 18.2 Å². The van der Waals surface area contributed by atoms with Gasteiger partial charge in [-0.05, 0) is 28.1 Å². The van der Waals surface area contributed by atoms with Crippen LogP contribution in [0.1, 0.15) is 10.4 Å². The SMILES string of the molecule is COc1c(Br)cccc1C(=O)O.Cl. The Hall–Kier alpha value is -0.740. The van der Waals surface area contributed by atoms with Crippen molar-refractivity contribution in [2.75, 3.05) is 7.11 Å². The molecule has 0 spiro atoms. The molecule has 1 rings (SSSR count). The van der Waals surface area contributed by atoms with Crippen molar-refractivity contribution in [3.05, 3.63) is 28.2 Å². The molecule has 0 aliphatic carbocycles. The molecule has 0 aliphatic heterocycles. The lowest BCUT2D eigenvalue weighted by molar-refractivity contribution is 0.0693. The number of aromatic carboxylic acids is 1. The van der Waals surface area contributed by atoms with E-state index in [4.69, 9.17) is 9.84 Å². The third kappa shape index (κ3) is 2.60. The molecule has 0 fully saturated rings. The predicted octanol–water partition coefficient (Wildman–Crippen LogP) is 2.58. The van der Waals surface area contributed by atoms with E-state index in [0.717, 1.165) is 0 Å². The Balaban J connectivity index is 0.00000144. The predicted molar refractivity (Wildman–Crippen MR) is 54.9 cm³/mol. The minimum atomic E-state index is -0.992. The monoisotopic (exact) mass is 266 g/mol. The van der Waals surface area contributed by atoms with Crippen molar-refractivity contribution in [1.29, 1.82) is 0 Å². The number of benzene rings is 1. The second kappa shape index (κ2) is 5.09. The number of carbonyl (C=O) groups is 1. The number of para-hydroxylation sites is 1. The van der Waals surface area contributed by atoms with Gasteiger partial charge in [-0.1, -0.05) is 6.07 Å². The Kier molecular flexibility index (Phi) is 4.80. The zero-order valence-electron chi connectivity index (χ0n) is 6.78. The molecular formula is C8H8BrClO3. The van der Waals surface area contributed by atoms with Gasteiger partial charge in [0.2, 0.25) is 0 Å². The molecular weight excluding hydrogens is 259 g/mol. The molecule has 0 bridgehead atoms. The summed E-state index contributed by atoms with van der Waals surface area (Å²) in [5, 5.41) is 8.72. The minimum Gasteiger partial charge on any atom is -0.495 e. The van der Waals surface area contributed by atoms with Gasteiger partial charge in [-0.15, -0.1) is 12.4 Å². The molecule has 0 amide bonds. The molecule has 0 aliphatic rings. The highest BCUT2D eigenvalue weighted by Gasteiger charge is 2.12. The molecule has 5 heteroatoms. The van der Waals surface area contributed by atoms with Gasteiger partial charge in [-0.25, -0.2) is 4.79 Å². The summed E-state index contributed by atoms with van der Waals surface area (Å²) in [5.41, 5.74) is 0.159. The van der Waals surface area contributed by atoms with Crippen LogP contribution in [0.25, 0.3) is 0 Å². The molecule has 1 aromatic rings. The van der Waals surface area contributed by atoms with Crippen LogP contribution in [-0.2, 0) is 0 Å². The summed E-state index contributed by atoms with van der Waals surface area (Å²) in [6.07, 6.45) is 0. The first-order valence-corrected chi connectivity index (χ1v) is 4.02. The second-order valence-electron chi connectivity index (χ2n) is 2.13. The van der Waals surface area contributed by atoms with Crippen LogP contribution in [0, 0.1) is 0 Å². The third-order valence-electron chi connectivity index (χ3n) is 1.40. The number of ether oxygens (including phenoxy) is 1. The lowest BCUT2D eigenvalue weighted by Gasteiger charge is -2.05. The number of methoxy groups -OCH3 is 1. The van der Waals surface area contributed by atoms with Crippen molar-refractivity contribution in [3.63, 3.8) is 0 Å². The molecule has 0 saturated carbocycles. The fourth-order valence-corrected chi connectivity index (χ4v) is 1.41. The summed E-state index contributed by atoms with van der Waals surface area (Å²) in [7, 11) is 1.44. The molecule has 0 aromatic heterocycles. The summed E-state index contributed by atoms with van der Waals surface area (Å²) in [6, 6.07) is 4.87. The average Bonchev–Trinajstić information content (AvgIpc) is 2.03. The van der Waals surface area contributed by atoms with Crippen LogP contribution in [0.2, 0.25) is 0 Å². The number of carboxylic acid groups (broad SMARTS) is 1. The van der Waals surface area contributed by atoms with E-state index in [1.165, 1.54) is 13.2 Å². The van der Waals surface area contributed by atoms with Gasteiger partial charge in [-0.3, -0.25) is 0 Å². The van der Waals surface area contributed by atoms with Crippen LogP contribution >= 0.6 is 28.3 Å². The Labute approximate surface area is 90.3 Å². The normalized spacial score (nSPS) is 8.77. The number of carboxylic acids is 1. The van der Waals surface area contributed by atoms with Gasteiger partial charge in [0.25, 0.3) is 0 Å². The Morgan fingerprint density at radius 1 is 1.54 bits per heavy atom. The molecule has 1 aromatic carbocycles. The zero-order chi connectivity index (χ0) is 9.14. The van der Waals surface area contributed by atoms with Gasteiger partial charge in [0.1, 0.15) is 11.3 Å². The fraction of sp³-hybridized carbons (Fsp3) is 0.125. The first kappa shape index (κ1) is 12.3. The lowest BCUT2D eigenvalue weighted by Crippen LogP contribution is -2.00. The van der Waals surface area contributed by atoms with E-state index in [2.05, 4.69) is 15.9 Å². The van der Waals surface area contributed by atoms with Crippen molar-refractivity contribution < 1.29 is 14.6 Å². The molecule has 0 saturated heterocycles. The van der Waals surface area contributed by atoms with Crippen molar-refractivity contribution >= 4 is 34.3 Å². The summed E-state index contributed by atoms with van der Waals surface area (Å²) < 4.78 is 5.55. The van der Waals surface area contributed by atoms with Crippen LogP contribution < -0.4 is 4.74 Å². The van der Waals surface area contributed by atoms with Crippen LogP contribution in [0.5, 0.6) is 5.75 Å². The highest BCUT2D eigenvalue weighted by Crippen LogP contribution is 2.28. The van der Waals surface area contributed by atoms with Crippen LogP contribution in [0.4, 0.5) is 0 Å². The third-order valence-corrected chi connectivity index (χ3v) is 2.03. The van der Waals surface area contributed by atoms with E-state index >= 15 is 0 Å². The maximum atomic E-state index is 10.6. The molecule has 3 nitrogen and oxygen atoms in total. The molecule has 0 heterocycles. The van der Waals surface area contributed by atoms with Crippen LogP contribution in [0.3, 0.4) is 0 Å². The van der Waals surface area contributed by atoms with Crippen molar-refractivity contribution in [1.82, 2.24) is 0 Å². The van der Waals surface area contributed by atoms with Gasteiger partial charge in [0, 0.05) is 0 Å². The molecule has 1 N–H and O–H groups in total. The highest BCUT2D eigenvalue weighted by atomic mass is 79.9. The molecule has 13 heavy (non-hydrogen) atoms. The molecule has 0 atom stereocenters. The number of hydrogen-bond donors (Lipinski definition) is 1. The first-order valence-electron chi connectivity index (χ1n) is 3.22. The number of halogens is 2. The number of rotatable bonds is 2. The van der Waals surface area contributed by atoms with Gasteiger partial charge in [-0.2, -0.15) is 0 Å². The lowest BCUT2D eigenvalue weighted by atomic mass is 10.2. The number of hydrogen-bond acceptors (Lipinski definition) is 2. The smallest absolute Gasteiger partial charge is 0.339 e. The van der Waals surface area contributed by atoms with Gasteiger partial charge >= 0.3 is 5.97 Å². The Morgan fingerprint density at radius 2 is 2.15 bits per heavy atom. The zero-order valence-corrected chi connectivity index (χ0v) is 9.18. The summed E-state index contributed by atoms with van der Waals surface area (Å²) in [5.74, 6) is -0.641. The van der Waals surface area contributed by atoms with E-state index in [9.17, 15) is 4.79 Å². The van der Waals surface area contributed by atoms with E-state index in [1.807, 2.05) is 0 Å². The first-order chi connectivity index (χ1) is 5.66. The standard InChI is InChI=1S/C8H7BrO3.ClH/c1-12-7-5(8(10)11)3-2-4-6(7)9;/h2-4H,1H3,(H,10,11);1H. The Bertz CT molecular complexity index is 314. The van der Waals surface area contributed by atoms with Crippen molar-refractivity contribution in [2.24, 2.45) is 0 Å². The fourth-order valence-electron chi connectivity index (χ4n) is 0.885. The average molecular weight is 268 g/mol. The van der Waals surface area contributed by atoms with E-state index in [-0.39, 0.29) is 18.0 Å². The van der Waals surface area contributed by atoms with Crippen LogP contribution in [0.15, 0.2) is 22.7 Å². The molecule has 0 unspecified atom stereocenters. The Morgan fingerprint density at radius 3 is 2.54 bits per heavy atom. The van der Waals surface area contributed by atoms with Gasteiger partial charge < -0.3 is 9.84 Å². The largest absolute Gasteiger partial charge is 0.495 e. The summed E-state index contributed by atoms with van der Waals surface area (Å²) >= 11 is 3.19. The van der Waals surface area contributed by atoms with E-state index in [1.54, 1.807) is 12.1 Å². The van der Waals surface area contributed by atoms with E-state index in [0.29, 0.717) is 10.2 Å². The van der Waals surface area contributed by atoms with Crippen molar-refractivity contribution in [2.45, 2.75) is 0 Å². The topological polar surface area (TPSA) is 46.5 Å². The summed E-state index contributed by atoms with van der Waals surface area (Å²) in [6.45, 7) is 0. The van der Waals surface area contributed by atoms with Crippen molar-refractivity contribution in [3.8, 4) is 5.75 Å². The molecule has 0 radical (unpaired) electrons. The summed E-state index contributed by atoms with van der Waals surface area (Å²) in [4.78, 5) is 10.6. The van der Waals surface area contributed by atoms with Gasteiger partial charge in [0.05, 0.1) is 11.6 Å². The second-order valence-corrected chi connectivity index (χ2v) is 2.98. The molecule has 72 valence electrons. The van der Waals surface area contributed by atoms with E-state index < -0.39 is 5.97 Å². The minimum absolute atomic E-state index is 0. The van der Waals surface area contributed by atoms with Gasteiger partial charge in [0.15, 0.2) is 0 Å². The highest BCUT2D eigenvalue weighted by molar-refractivity contribution is 9.10.